The van der Waals surface area contributed by atoms with E-state index < -0.39 is 0 Å². The van der Waals surface area contributed by atoms with Gasteiger partial charge in [0.2, 0.25) is 5.76 Å². The lowest BCUT2D eigenvalue weighted by Crippen LogP contribution is -2.31. The quantitative estimate of drug-likeness (QED) is 0.785. The third-order valence-electron chi connectivity index (χ3n) is 3.42. The number of carbonyl (C=O) groups is 1. The lowest BCUT2D eigenvalue weighted by atomic mass is 10.1. The number of aryl methyl sites for hydroxylation is 1. The van der Waals surface area contributed by atoms with Gasteiger partial charge >= 0.3 is 0 Å². The summed E-state index contributed by atoms with van der Waals surface area (Å²) in [6.45, 7) is 0.902. The van der Waals surface area contributed by atoms with Crippen LogP contribution in [-0.2, 0) is 20.7 Å². The monoisotopic (exact) mass is 260 g/mol. The van der Waals surface area contributed by atoms with E-state index in [0.717, 1.165) is 24.1 Å². The fraction of sp³-hybridized carbons (Fsp3) is 0.357. The molecule has 0 saturated heterocycles. The molecule has 0 spiro atoms. The van der Waals surface area contributed by atoms with Crippen LogP contribution in [0.4, 0.5) is 5.69 Å². The molecule has 1 atom stereocenters. The molecule has 100 valence electrons. The molecule has 1 aliphatic heterocycles. The normalized spacial score (nSPS) is 20.8. The van der Waals surface area contributed by atoms with Gasteiger partial charge in [0.15, 0.2) is 0 Å². The SMILES string of the molecule is Nc1ccc2c(c1)CCC2NC(=O)C1=COCCO1. The first kappa shape index (κ1) is 11.9. The van der Waals surface area contributed by atoms with Crippen LogP contribution in [0.1, 0.15) is 23.6 Å². The van der Waals surface area contributed by atoms with Crippen molar-refractivity contribution in [3.63, 3.8) is 0 Å². The molecule has 5 heteroatoms. The predicted molar refractivity (Wildman–Crippen MR) is 70.0 cm³/mol. The molecule has 0 saturated carbocycles. The van der Waals surface area contributed by atoms with Crippen LogP contribution < -0.4 is 11.1 Å². The summed E-state index contributed by atoms with van der Waals surface area (Å²) in [7, 11) is 0. The number of hydrogen-bond donors (Lipinski definition) is 2. The third kappa shape index (κ3) is 2.36. The van der Waals surface area contributed by atoms with Crippen LogP contribution in [0.5, 0.6) is 0 Å². The summed E-state index contributed by atoms with van der Waals surface area (Å²) in [5.74, 6) is 0.0181. The highest BCUT2D eigenvalue weighted by atomic mass is 16.6. The Balaban J connectivity index is 1.72. The number of benzene rings is 1. The van der Waals surface area contributed by atoms with Crippen molar-refractivity contribution >= 4 is 11.6 Å². The molecular weight excluding hydrogens is 244 g/mol. The van der Waals surface area contributed by atoms with Gasteiger partial charge in [-0.1, -0.05) is 6.07 Å². The Labute approximate surface area is 111 Å². The molecule has 1 amide bonds. The minimum Gasteiger partial charge on any atom is -0.494 e. The third-order valence-corrected chi connectivity index (χ3v) is 3.42. The summed E-state index contributed by atoms with van der Waals surface area (Å²) in [6.07, 6.45) is 3.19. The second kappa shape index (κ2) is 4.84. The molecule has 1 aromatic rings. The van der Waals surface area contributed by atoms with Crippen molar-refractivity contribution in [2.45, 2.75) is 18.9 Å². The highest BCUT2D eigenvalue weighted by Crippen LogP contribution is 2.32. The van der Waals surface area contributed by atoms with Gasteiger partial charge in [-0.25, -0.2) is 0 Å². The second-order valence-corrected chi connectivity index (χ2v) is 4.72. The predicted octanol–water partition coefficient (Wildman–Crippen LogP) is 1.26. The van der Waals surface area contributed by atoms with Crippen LogP contribution in [0.2, 0.25) is 0 Å². The summed E-state index contributed by atoms with van der Waals surface area (Å²) in [6, 6.07) is 5.84. The standard InChI is InChI=1S/C14H16N2O3/c15-10-2-3-11-9(7-10)1-4-12(11)16-14(17)13-8-18-5-6-19-13/h2-3,7-8,12H,1,4-6,15H2,(H,16,17). The first-order chi connectivity index (χ1) is 9.24. The van der Waals surface area contributed by atoms with Crippen molar-refractivity contribution in [2.75, 3.05) is 18.9 Å². The maximum Gasteiger partial charge on any atom is 0.290 e. The Hall–Kier alpha value is -2.17. The molecule has 0 radical (unpaired) electrons. The van der Waals surface area contributed by atoms with E-state index in [1.165, 1.54) is 11.8 Å². The van der Waals surface area contributed by atoms with Crippen molar-refractivity contribution in [1.29, 1.82) is 0 Å². The van der Waals surface area contributed by atoms with Crippen LogP contribution in [0.25, 0.3) is 0 Å². The van der Waals surface area contributed by atoms with Gasteiger partial charge in [0.1, 0.15) is 19.5 Å². The lowest BCUT2D eigenvalue weighted by molar-refractivity contribution is -0.123. The van der Waals surface area contributed by atoms with Gasteiger partial charge in [0.25, 0.3) is 5.91 Å². The first-order valence-electron chi connectivity index (χ1n) is 6.38. The topological polar surface area (TPSA) is 73.6 Å². The molecule has 19 heavy (non-hydrogen) atoms. The Kier molecular flexibility index (Phi) is 3.03. The zero-order valence-corrected chi connectivity index (χ0v) is 10.5. The molecule has 0 fully saturated rings. The van der Waals surface area contributed by atoms with Crippen molar-refractivity contribution < 1.29 is 14.3 Å². The first-order valence-corrected chi connectivity index (χ1v) is 6.38. The number of fused-ring (bicyclic) bond motifs is 1. The molecule has 0 bridgehead atoms. The van der Waals surface area contributed by atoms with Gasteiger partial charge in [0.05, 0.1) is 6.04 Å². The maximum absolute atomic E-state index is 12.0. The van der Waals surface area contributed by atoms with Gasteiger partial charge in [-0.05, 0) is 36.1 Å². The highest BCUT2D eigenvalue weighted by molar-refractivity contribution is 5.91. The van der Waals surface area contributed by atoms with E-state index in [0.29, 0.717) is 13.2 Å². The molecule has 0 aromatic heterocycles. The molecular formula is C14H16N2O3. The van der Waals surface area contributed by atoms with Crippen molar-refractivity contribution in [3.05, 3.63) is 41.3 Å². The molecule has 1 aromatic carbocycles. The molecule has 2 aliphatic rings. The average molecular weight is 260 g/mol. The fourth-order valence-corrected chi connectivity index (χ4v) is 2.50. The van der Waals surface area contributed by atoms with E-state index in [1.807, 2.05) is 18.2 Å². The Bertz CT molecular complexity index is 539. The van der Waals surface area contributed by atoms with Crippen LogP contribution in [-0.4, -0.2) is 19.1 Å². The van der Waals surface area contributed by atoms with Crippen LogP contribution in [0.15, 0.2) is 30.2 Å². The van der Waals surface area contributed by atoms with E-state index in [2.05, 4.69) is 5.32 Å². The van der Waals surface area contributed by atoms with E-state index in [9.17, 15) is 4.79 Å². The van der Waals surface area contributed by atoms with Crippen molar-refractivity contribution in [1.82, 2.24) is 5.32 Å². The van der Waals surface area contributed by atoms with Crippen LogP contribution >= 0.6 is 0 Å². The largest absolute Gasteiger partial charge is 0.494 e. The molecule has 1 unspecified atom stereocenters. The maximum atomic E-state index is 12.0. The van der Waals surface area contributed by atoms with E-state index >= 15 is 0 Å². The number of rotatable bonds is 2. The number of nitrogens with one attached hydrogen (secondary N) is 1. The molecule has 5 nitrogen and oxygen atoms in total. The number of carbonyl (C=O) groups excluding carboxylic acids is 1. The van der Waals surface area contributed by atoms with Gasteiger partial charge in [0, 0.05) is 5.69 Å². The lowest BCUT2D eigenvalue weighted by Gasteiger charge is -2.18. The summed E-state index contributed by atoms with van der Waals surface area (Å²) in [5, 5.41) is 2.97. The Morgan fingerprint density at radius 1 is 1.37 bits per heavy atom. The Morgan fingerprint density at radius 3 is 3.05 bits per heavy atom. The molecule has 1 heterocycles. The second-order valence-electron chi connectivity index (χ2n) is 4.72. The van der Waals surface area contributed by atoms with Crippen molar-refractivity contribution in [3.8, 4) is 0 Å². The fourth-order valence-electron chi connectivity index (χ4n) is 2.50. The van der Waals surface area contributed by atoms with E-state index in [1.54, 1.807) is 0 Å². The van der Waals surface area contributed by atoms with Gasteiger partial charge in [-0.3, -0.25) is 4.79 Å². The number of hydrogen-bond acceptors (Lipinski definition) is 4. The van der Waals surface area contributed by atoms with Gasteiger partial charge in [-0.2, -0.15) is 0 Å². The molecule has 3 N–H and O–H groups in total. The van der Waals surface area contributed by atoms with Crippen LogP contribution in [0, 0.1) is 0 Å². The smallest absolute Gasteiger partial charge is 0.290 e. The van der Waals surface area contributed by atoms with Crippen LogP contribution in [0.3, 0.4) is 0 Å². The average Bonchev–Trinajstić information content (AvgIpc) is 2.82. The summed E-state index contributed by atoms with van der Waals surface area (Å²) in [4.78, 5) is 12.0. The molecule has 3 rings (SSSR count). The van der Waals surface area contributed by atoms with Crippen molar-refractivity contribution in [2.24, 2.45) is 0 Å². The van der Waals surface area contributed by atoms with Gasteiger partial charge < -0.3 is 20.5 Å². The minimum absolute atomic E-state index is 0.0227. The summed E-state index contributed by atoms with van der Waals surface area (Å²) in [5.41, 5.74) is 8.87. The zero-order valence-electron chi connectivity index (χ0n) is 10.5. The molecule has 1 aliphatic carbocycles. The summed E-state index contributed by atoms with van der Waals surface area (Å²) < 4.78 is 10.3. The minimum atomic E-state index is -0.227. The number of anilines is 1. The summed E-state index contributed by atoms with van der Waals surface area (Å²) >= 11 is 0. The number of amides is 1. The van der Waals surface area contributed by atoms with E-state index in [-0.39, 0.29) is 17.7 Å². The zero-order chi connectivity index (χ0) is 13.2. The Morgan fingerprint density at radius 2 is 2.26 bits per heavy atom. The number of ether oxygens (including phenoxy) is 2. The highest BCUT2D eigenvalue weighted by Gasteiger charge is 2.26. The number of nitrogens with two attached hydrogens (primary N) is 1. The van der Waals surface area contributed by atoms with Gasteiger partial charge in [-0.15, -0.1) is 0 Å². The number of nitrogen functional groups attached to an aromatic ring is 1. The van der Waals surface area contributed by atoms with E-state index in [4.69, 9.17) is 15.2 Å².